The Morgan fingerprint density at radius 2 is 2.15 bits per heavy atom. The van der Waals surface area contributed by atoms with Crippen LogP contribution in [0.15, 0.2) is 18.2 Å². The fraction of sp³-hybridized carbons (Fsp3) is 0.696. The number of hydrogen-bond donors (Lipinski definition) is 2. The summed E-state index contributed by atoms with van der Waals surface area (Å²) in [6.45, 7) is 4.38. The molecule has 0 aromatic heterocycles. The molecule has 0 radical (unpaired) electrons. The number of hydrogen-bond acceptors (Lipinski definition) is 4. The zero-order valence-electron chi connectivity index (χ0n) is 16.6. The number of ether oxygens (including phenoxy) is 1. The molecule has 2 N–H and O–H groups in total. The second-order valence-electron chi connectivity index (χ2n) is 9.19. The molecule has 2 saturated carbocycles. The third-order valence-corrected chi connectivity index (χ3v) is 8.39. The van der Waals surface area contributed by atoms with Crippen LogP contribution < -0.4 is 4.74 Å². The minimum absolute atomic E-state index is 0.0170. The van der Waals surface area contributed by atoms with Crippen LogP contribution in [-0.2, 0) is 6.42 Å². The highest BCUT2D eigenvalue weighted by molar-refractivity contribution is 5.41. The first-order chi connectivity index (χ1) is 12.9. The van der Waals surface area contributed by atoms with Crippen LogP contribution in [-0.4, -0.2) is 29.0 Å². The second-order valence-corrected chi connectivity index (χ2v) is 9.19. The molecule has 0 amide bonds. The smallest absolute Gasteiger partial charge is 0.119 e. The molecule has 0 heterocycles. The maximum absolute atomic E-state index is 11.3. The summed E-state index contributed by atoms with van der Waals surface area (Å²) in [4.78, 5) is 0. The van der Waals surface area contributed by atoms with E-state index in [1.165, 1.54) is 11.1 Å². The standard InChI is InChI=1S/C23H31NO3/c1-4-14-11-15-12-16(27-3)5-6-17(15)18-7-8-22(2)19(21(14)18)13-20(25)23(22,26)9-10-24/h5-6,12,14,18-21,25-26H,4,7-9,11,13H2,1-3H3/t14-,18-,19+,20-,21-,22+,23+/m1/s1. The normalized spacial score (nSPS) is 42.6. The minimum atomic E-state index is -1.28. The van der Waals surface area contributed by atoms with E-state index in [-0.39, 0.29) is 17.8 Å². The highest BCUT2D eigenvalue weighted by Crippen LogP contribution is 2.66. The SMILES string of the molecule is CC[C@@H]1Cc2cc(OC)ccc2[C@H]2CC[C@@]3(C)[C@@H](C[C@@H](O)[C@@]3(O)CC#N)[C@H]12. The number of fused-ring (bicyclic) bond motifs is 5. The van der Waals surface area contributed by atoms with Crippen LogP contribution >= 0.6 is 0 Å². The van der Waals surface area contributed by atoms with Crippen LogP contribution in [0.5, 0.6) is 5.75 Å². The Kier molecular flexibility index (Phi) is 4.52. The van der Waals surface area contributed by atoms with Gasteiger partial charge in [-0.3, -0.25) is 0 Å². The molecule has 1 aromatic rings. The zero-order chi connectivity index (χ0) is 19.4. The summed E-state index contributed by atoms with van der Waals surface area (Å²) in [5.41, 5.74) is 1.16. The molecular formula is C23H31NO3. The Morgan fingerprint density at radius 3 is 2.81 bits per heavy atom. The molecule has 2 fully saturated rings. The predicted octanol–water partition coefficient (Wildman–Crippen LogP) is 3.80. The third-order valence-electron chi connectivity index (χ3n) is 8.39. The number of rotatable bonds is 3. The molecule has 4 nitrogen and oxygen atoms in total. The number of nitriles is 1. The molecule has 146 valence electrons. The van der Waals surface area contributed by atoms with E-state index in [1.54, 1.807) is 7.11 Å². The molecule has 3 aliphatic carbocycles. The summed E-state index contributed by atoms with van der Waals surface area (Å²) in [6, 6.07) is 8.62. The Balaban J connectivity index is 1.76. The maximum atomic E-state index is 11.3. The first-order valence-corrected chi connectivity index (χ1v) is 10.3. The number of methoxy groups -OCH3 is 1. The van der Waals surface area contributed by atoms with Crippen molar-refractivity contribution in [1.82, 2.24) is 0 Å². The van der Waals surface area contributed by atoms with Crippen molar-refractivity contribution in [1.29, 1.82) is 5.26 Å². The van der Waals surface area contributed by atoms with Crippen molar-refractivity contribution in [2.24, 2.45) is 23.2 Å². The van der Waals surface area contributed by atoms with Gasteiger partial charge < -0.3 is 14.9 Å². The number of benzene rings is 1. The van der Waals surface area contributed by atoms with Gasteiger partial charge >= 0.3 is 0 Å². The average Bonchev–Trinajstić information content (AvgIpc) is 2.87. The van der Waals surface area contributed by atoms with Crippen LogP contribution in [0.2, 0.25) is 0 Å². The van der Waals surface area contributed by atoms with Crippen molar-refractivity contribution in [2.75, 3.05) is 7.11 Å². The Morgan fingerprint density at radius 1 is 1.37 bits per heavy atom. The minimum Gasteiger partial charge on any atom is -0.497 e. The lowest BCUT2D eigenvalue weighted by molar-refractivity contribution is -0.141. The van der Waals surface area contributed by atoms with Gasteiger partial charge in [0, 0.05) is 5.41 Å². The lowest BCUT2D eigenvalue weighted by Crippen LogP contribution is -2.55. The van der Waals surface area contributed by atoms with E-state index < -0.39 is 11.7 Å². The third kappa shape index (κ3) is 2.48. The molecule has 4 rings (SSSR count). The molecule has 27 heavy (non-hydrogen) atoms. The van der Waals surface area contributed by atoms with Crippen molar-refractivity contribution >= 4 is 0 Å². The maximum Gasteiger partial charge on any atom is 0.119 e. The summed E-state index contributed by atoms with van der Waals surface area (Å²) < 4.78 is 5.44. The van der Waals surface area contributed by atoms with Crippen LogP contribution in [0.3, 0.4) is 0 Å². The van der Waals surface area contributed by atoms with Gasteiger partial charge in [-0.2, -0.15) is 5.26 Å². The first kappa shape index (κ1) is 18.8. The Hall–Kier alpha value is -1.57. The second kappa shape index (κ2) is 6.50. The van der Waals surface area contributed by atoms with E-state index in [4.69, 9.17) is 4.74 Å². The van der Waals surface area contributed by atoms with E-state index in [2.05, 4.69) is 38.1 Å². The first-order valence-electron chi connectivity index (χ1n) is 10.3. The van der Waals surface area contributed by atoms with Gasteiger partial charge in [0.1, 0.15) is 11.4 Å². The molecule has 0 aliphatic heterocycles. The van der Waals surface area contributed by atoms with Crippen LogP contribution in [0, 0.1) is 34.5 Å². The molecule has 0 bridgehead atoms. The fourth-order valence-corrected chi connectivity index (χ4v) is 6.85. The number of nitrogens with zero attached hydrogens (tertiary/aromatic N) is 1. The van der Waals surface area contributed by atoms with Gasteiger partial charge in [0.05, 0.1) is 25.7 Å². The molecular weight excluding hydrogens is 338 g/mol. The van der Waals surface area contributed by atoms with E-state index in [9.17, 15) is 15.5 Å². The van der Waals surface area contributed by atoms with E-state index in [0.29, 0.717) is 24.2 Å². The molecule has 0 saturated heterocycles. The van der Waals surface area contributed by atoms with Crippen molar-refractivity contribution in [2.45, 2.75) is 70.0 Å². The zero-order valence-corrected chi connectivity index (χ0v) is 16.6. The van der Waals surface area contributed by atoms with Gasteiger partial charge in [0.15, 0.2) is 0 Å². The topological polar surface area (TPSA) is 73.5 Å². The van der Waals surface area contributed by atoms with Crippen molar-refractivity contribution in [3.05, 3.63) is 29.3 Å². The van der Waals surface area contributed by atoms with Gasteiger partial charge in [-0.05, 0) is 72.6 Å². The monoisotopic (exact) mass is 369 g/mol. The Bertz CT molecular complexity index is 771. The van der Waals surface area contributed by atoms with Crippen LogP contribution in [0.4, 0.5) is 0 Å². The van der Waals surface area contributed by atoms with Gasteiger partial charge in [-0.1, -0.05) is 26.3 Å². The summed E-state index contributed by atoms with van der Waals surface area (Å²) in [6.07, 6.45) is 3.81. The van der Waals surface area contributed by atoms with Gasteiger partial charge in [0.2, 0.25) is 0 Å². The molecule has 0 spiro atoms. The number of aliphatic hydroxyl groups is 2. The van der Waals surface area contributed by atoms with E-state index in [0.717, 1.165) is 31.4 Å². The number of aliphatic hydroxyl groups excluding tert-OH is 1. The quantitative estimate of drug-likeness (QED) is 0.850. The van der Waals surface area contributed by atoms with Crippen molar-refractivity contribution in [3.8, 4) is 11.8 Å². The summed E-state index contributed by atoms with van der Waals surface area (Å²) >= 11 is 0. The highest BCUT2D eigenvalue weighted by Gasteiger charge is 2.66. The van der Waals surface area contributed by atoms with Crippen molar-refractivity contribution in [3.63, 3.8) is 0 Å². The van der Waals surface area contributed by atoms with Gasteiger partial charge in [0.25, 0.3) is 0 Å². The summed E-state index contributed by atoms with van der Waals surface area (Å²) in [5, 5.41) is 31.4. The predicted molar refractivity (Wildman–Crippen MR) is 103 cm³/mol. The van der Waals surface area contributed by atoms with Gasteiger partial charge in [-0.25, -0.2) is 0 Å². The highest BCUT2D eigenvalue weighted by atomic mass is 16.5. The molecule has 3 aliphatic rings. The molecule has 4 heteroatoms. The Labute approximate surface area is 162 Å². The molecule has 7 atom stereocenters. The lowest BCUT2D eigenvalue weighted by atomic mass is 9.50. The molecule has 1 aromatic carbocycles. The average molecular weight is 370 g/mol. The summed E-state index contributed by atoms with van der Waals surface area (Å²) in [7, 11) is 1.71. The van der Waals surface area contributed by atoms with E-state index >= 15 is 0 Å². The van der Waals surface area contributed by atoms with Crippen LogP contribution in [0.1, 0.15) is 63.0 Å². The summed E-state index contributed by atoms with van der Waals surface area (Å²) in [5.74, 6) is 2.64. The largest absolute Gasteiger partial charge is 0.497 e. The van der Waals surface area contributed by atoms with E-state index in [1.807, 2.05) is 0 Å². The van der Waals surface area contributed by atoms with Crippen LogP contribution in [0.25, 0.3) is 0 Å². The lowest BCUT2D eigenvalue weighted by Gasteiger charge is -2.55. The van der Waals surface area contributed by atoms with Gasteiger partial charge in [-0.15, -0.1) is 0 Å². The van der Waals surface area contributed by atoms with Crippen molar-refractivity contribution < 1.29 is 14.9 Å². The fourth-order valence-electron chi connectivity index (χ4n) is 6.85. The molecule has 0 unspecified atom stereocenters.